The molecule has 0 aliphatic rings. The minimum Gasteiger partial charge on any atom is -1.00 e. The zero-order valence-corrected chi connectivity index (χ0v) is 7.64. The minimum atomic E-state index is -3.96. The molecule has 0 aromatic rings. The van der Waals surface area contributed by atoms with Crippen molar-refractivity contribution >= 4 is 10.1 Å². The molecule has 0 aliphatic carbocycles. The van der Waals surface area contributed by atoms with Gasteiger partial charge in [0, 0.05) is 0 Å². The second-order valence-electron chi connectivity index (χ2n) is 1.22. The first-order valence-electron chi connectivity index (χ1n) is 1.66. The van der Waals surface area contributed by atoms with Gasteiger partial charge in [0.1, 0.15) is 5.37 Å². The molecular formula is C2H8NNaO3S. The smallest absolute Gasteiger partial charge is 1.00 e. The van der Waals surface area contributed by atoms with Gasteiger partial charge in [0.15, 0.2) is 0 Å². The summed E-state index contributed by atoms with van der Waals surface area (Å²) in [6.07, 6.45) is 0. The van der Waals surface area contributed by atoms with Gasteiger partial charge in [-0.05, 0) is 6.92 Å². The molecule has 0 saturated heterocycles. The maximum Gasteiger partial charge on any atom is 1.00 e. The third-order valence-electron chi connectivity index (χ3n) is 0.470. The molecule has 8 heavy (non-hydrogen) atoms. The molecule has 0 rings (SSSR count). The standard InChI is InChI=1S/C2H7NO3S.Na.H/c1-2(3)7(4,5)6;;/h2H,3H2,1H3,(H,4,5,6);;/q;+1;-1. The Hall–Kier alpha value is 0.870. The third kappa shape index (κ3) is 5.02. The van der Waals surface area contributed by atoms with Crippen LogP contribution in [-0.4, -0.2) is 18.3 Å². The summed E-state index contributed by atoms with van der Waals surface area (Å²) in [6.45, 7) is 1.19. The molecule has 0 aliphatic heterocycles. The van der Waals surface area contributed by atoms with Crippen LogP contribution >= 0.6 is 0 Å². The van der Waals surface area contributed by atoms with E-state index in [2.05, 4.69) is 0 Å². The van der Waals surface area contributed by atoms with Gasteiger partial charge in [0.2, 0.25) is 0 Å². The summed E-state index contributed by atoms with van der Waals surface area (Å²) in [6, 6.07) is 0. The molecule has 3 N–H and O–H groups in total. The molecule has 4 nitrogen and oxygen atoms in total. The Balaban J connectivity index is -0.000000180. The minimum absolute atomic E-state index is 0. The van der Waals surface area contributed by atoms with Crippen molar-refractivity contribution in [3.05, 3.63) is 0 Å². The van der Waals surface area contributed by atoms with Gasteiger partial charge in [-0.3, -0.25) is 4.55 Å². The van der Waals surface area contributed by atoms with E-state index in [1.165, 1.54) is 6.92 Å². The second kappa shape index (κ2) is 3.81. The third-order valence-corrected chi connectivity index (χ3v) is 1.41. The van der Waals surface area contributed by atoms with E-state index in [1.807, 2.05) is 0 Å². The molecule has 0 amide bonds. The zero-order chi connectivity index (χ0) is 6.08. The van der Waals surface area contributed by atoms with Gasteiger partial charge in [-0.1, -0.05) is 0 Å². The summed E-state index contributed by atoms with van der Waals surface area (Å²) in [5, 5.41) is -1.17. The predicted molar refractivity (Wildman–Crippen MR) is 26.3 cm³/mol. The normalized spacial score (nSPS) is 14.4. The Morgan fingerprint density at radius 1 is 1.75 bits per heavy atom. The van der Waals surface area contributed by atoms with Crippen LogP contribution in [0.1, 0.15) is 8.35 Å². The van der Waals surface area contributed by atoms with Gasteiger partial charge in [-0.2, -0.15) is 8.42 Å². The van der Waals surface area contributed by atoms with Crippen LogP contribution in [0.3, 0.4) is 0 Å². The van der Waals surface area contributed by atoms with Gasteiger partial charge in [-0.15, -0.1) is 0 Å². The van der Waals surface area contributed by atoms with Crippen LogP contribution in [0.5, 0.6) is 0 Å². The average molecular weight is 149 g/mol. The van der Waals surface area contributed by atoms with Crippen molar-refractivity contribution in [1.82, 2.24) is 0 Å². The van der Waals surface area contributed by atoms with Crippen LogP contribution in [0.2, 0.25) is 0 Å². The van der Waals surface area contributed by atoms with Crippen molar-refractivity contribution < 1.29 is 44.0 Å². The van der Waals surface area contributed by atoms with Crippen molar-refractivity contribution in [2.75, 3.05) is 0 Å². The number of hydrogen-bond donors (Lipinski definition) is 2. The molecule has 0 saturated carbocycles. The number of nitrogens with two attached hydrogens (primary N) is 1. The molecular weight excluding hydrogens is 141 g/mol. The first-order chi connectivity index (χ1) is 2.94. The predicted octanol–water partition coefficient (Wildman–Crippen LogP) is -3.70. The monoisotopic (exact) mass is 149 g/mol. The van der Waals surface area contributed by atoms with Crippen LogP contribution in [0.4, 0.5) is 0 Å². The number of rotatable bonds is 1. The summed E-state index contributed by atoms with van der Waals surface area (Å²) in [4.78, 5) is 0. The summed E-state index contributed by atoms with van der Waals surface area (Å²) >= 11 is 0. The van der Waals surface area contributed by atoms with Crippen molar-refractivity contribution in [1.29, 1.82) is 0 Å². The molecule has 6 heteroatoms. The molecule has 46 valence electrons. The Labute approximate surface area is 72.0 Å². The maximum atomic E-state index is 9.76. The average Bonchev–Trinajstić information content (AvgIpc) is 1.31. The fourth-order valence-corrected chi connectivity index (χ4v) is 0. The molecule has 1 unspecified atom stereocenters. The Kier molecular flexibility index (Phi) is 5.55. The first-order valence-corrected chi connectivity index (χ1v) is 3.17. The Bertz CT molecular complexity index is 144. The van der Waals surface area contributed by atoms with E-state index in [4.69, 9.17) is 10.3 Å². The van der Waals surface area contributed by atoms with E-state index >= 15 is 0 Å². The van der Waals surface area contributed by atoms with Gasteiger partial charge in [0.05, 0.1) is 0 Å². The molecule has 1 atom stereocenters. The van der Waals surface area contributed by atoms with Crippen molar-refractivity contribution in [3.63, 3.8) is 0 Å². The van der Waals surface area contributed by atoms with Crippen molar-refractivity contribution in [2.45, 2.75) is 12.3 Å². The van der Waals surface area contributed by atoms with Crippen LogP contribution < -0.4 is 35.3 Å². The van der Waals surface area contributed by atoms with Crippen LogP contribution in [0, 0.1) is 0 Å². The zero-order valence-electron chi connectivity index (χ0n) is 5.83. The first kappa shape index (κ1) is 11.6. The molecule has 0 spiro atoms. The maximum absolute atomic E-state index is 9.76. The summed E-state index contributed by atoms with van der Waals surface area (Å²) < 4.78 is 27.5. The quantitative estimate of drug-likeness (QED) is 0.297. The summed E-state index contributed by atoms with van der Waals surface area (Å²) in [5.41, 5.74) is 4.73. The van der Waals surface area contributed by atoms with Gasteiger partial charge in [0.25, 0.3) is 10.1 Å². The Morgan fingerprint density at radius 2 is 1.88 bits per heavy atom. The van der Waals surface area contributed by atoms with E-state index < -0.39 is 15.5 Å². The Morgan fingerprint density at radius 3 is 1.88 bits per heavy atom. The van der Waals surface area contributed by atoms with Crippen LogP contribution in [-0.2, 0) is 10.1 Å². The van der Waals surface area contributed by atoms with E-state index in [0.717, 1.165) is 0 Å². The molecule has 0 heterocycles. The SMILES string of the molecule is CC(N)S(=O)(=O)O.[H-].[Na+]. The fourth-order valence-electron chi connectivity index (χ4n) is 0. The fraction of sp³-hybridized carbons (Fsp3) is 1.00. The van der Waals surface area contributed by atoms with E-state index in [0.29, 0.717) is 0 Å². The molecule has 0 bridgehead atoms. The van der Waals surface area contributed by atoms with Crippen molar-refractivity contribution in [2.24, 2.45) is 5.73 Å². The molecule has 0 aromatic carbocycles. The van der Waals surface area contributed by atoms with E-state index in [1.54, 1.807) is 0 Å². The topological polar surface area (TPSA) is 80.4 Å². The van der Waals surface area contributed by atoms with Crippen LogP contribution in [0.25, 0.3) is 0 Å². The summed E-state index contributed by atoms with van der Waals surface area (Å²) in [7, 11) is -3.96. The van der Waals surface area contributed by atoms with Gasteiger partial charge < -0.3 is 7.16 Å². The van der Waals surface area contributed by atoms with E-state index in [-0.39, 0.29) is 31.0 Å². The van der Waals surface area contributed by atoms with E-state index in [9.17, 15) is 8.42 Å². The van der Waals surface area contributed by atoms with Crippen molar-refractivity contribution in [3.8, 4) is 0 Å². The molecule has 0 fully saturated rings. The molecule has 0 aromatic heterocycles. The van der Waals surface area contributed by atoms with Gasteiger partial charge >= 0.3 is 29.6 Å². The number of hydrogen-bond acceptors (Lipinski definition) is 3. The second-order valence-corrected chi connectivity index (χ2v) is 2.99. The summed E-state index contributed by atoms with van der Waals surface area (Å²) in [5.74, 6) is 0. The largest absolute Gasteiger partial charge is 1.00 e. The van der Waals surface area contributed by atoms with Crippen LogP contribution in [0.15, 0.2) is 0 Å². The molecule has 0 radical (unpaired) electrons. The van der Waals surface area contributed by atoms with Gasteiger partial charge in [-0.25, -0.2) is 0 Å².